The van der Waals surface area contributed by atoms with Crippen molar-refractivity contribution in [3.05, 3.63) is 65.2 Å². The molecule has 0 bridgehead atoms. The van der Waals surface area contributed by atoms with Gasteiger partial charge in [0, 0.05) is 23.7 Å². The topological polar surface area (TPSA) is 67.4 Å². The maximum atomic E-state index is 12.3. The first-order valence-corrected chi connectivity index (χ1v) is 9.48. The summed E-state index contributed by atoms with van der Waals surface area (Å²) in [6, 6.07) is 14.9. The molecule has 5 nitrogen and oxygen atoms in total. The Hall–Kier alpha value is -2.82. The Kier molecular flexibility index (Phi) is 6.47. The molecule has 0 radical (unpaired) electrons. The molecule has 0 saturated heterocycles. The quantitative estimate of drug-likeness (QED) is 0.790. The molecule has 0 heterocycles. The number of nitrogens with one attached hydrogen (secondary N) is 2. The predicted octanol–water partition coefficient (Wildman–Crippen LogP) is 3.34. The molecule has 1 aliphatic carbocycles. The van der Waals surface area contributed by atoms with Crippen LogP contribution in [0.5, 0.6) is 5.75 Å². The van der Waals surface area contributed by atoms with Gasteiger partial charge in [-0.15, -0.1) is 0 Å². The van der Waals surface area contributed by atoms with Crippen molar-refractivity contribution in [2.45, 2.75) is 38.1 Å². The highest BCUT2D eigenvalue weighted by molar-refractivity contribution is 5.97. The molecule has 142 valence electrons. The number of hydrogen-bond acceptors (Lipinski definition) is 3. The Labute approximate surface area is 160 Å². The molecule has 1 saturated carbocycles. The van der Waals surface area contributed by atoms with Gasteiger partial charge in [-0.25, -0.2) is 0 Å². The lowest BCUT2D eigenvalue weighted by Gasteiger charge is -2.12. The summed E-state index contributed by atoms with van der Waals surface area (Å²) in [4.78, 5) is 24.5. The monoisotopic (exact) mass is 366 g/mol. The molecule has 0 unspecified atom stereocenters. The first kappa shape index (κ1) is 19.0. The highest BCUT2D eigenvalue weighted by atomic mass is 16.5. The largest absolute Gasteiger partial charge is 0.497 e. The summed E-state index contributed by atoms with van der Waals surface area (Å²) in [5.41, 5.74) is 2.29. The van der Waals surface area contributed by atoms with Crippen molar-refractivity contribution in [2.24, 2.45) is 0 Å². The molecule has 2 aromatic rings. The number of methoxy groups -OCH3 is 1. The number of hydrogen-bond donors (Lipinski definition) is 2. The summed E-state index contributed by atoms with van der Waals surface area (Å²) in [5, 5.41) is 5.97. The van der Waals surface area contributed by atoms with Crippen LogP contribution in [0.15, 0.2) is 48.5 Å². The summed E-state index contributed by atoms with van der Waals surface area (Å²) in [6.45, 7) is 0.551. The Morgan fingerprint density at radius 3 is 2.11 bits per heavy atom. The van der Waals surface area contributed by atoms with Gasteiger partial charge >= 0.3 is 0 Å². The van der Waals surface area contributed by atoms with Crippen LogP contribution < -0.4 is 15.4 Å². The van der Waals surface area contributed by atoms with E-state index >= 15 is 0 Å². The molecule has 0 atom stereocenters. The number of carbonyl (C=O) groups excluding carboxylic acids is 2. The minimum absolute atomic E-state index is 0.0617. The van der Waals surface area contributed by atoms with Crippen LogP contribution in [-0.2, 0) is 6.42 Å². The standard InChI is InChI=1S/C22H26N2O3/c1-27-20-12-6-16(7-13-20)14-15-23-21(25)17-8-10-18(11-9-17)22(26)24-19-4-2-3-5-19/h6-13,19H,2-5,14-15H2,1H3,(H,23,25)(H,24,26). The Balaban J connectivity index is 1.47. The third kappa shape index (κ3) is 5.33. The Morgan fingerprint density at radius 1 is 0.926 bits per heavy atom. The van der Waals surface area contributed by atoms with E-state index in [9.17, 15) is 9.59 Å². The van der Waals surface area contributed by atoms with Gasteiger partial charge < -0.3 is 15.4 Å². The first-order chi connectivity index (χ1) is 13.2. The molecular formula is C22H26N2O3. The van der Waals surface area contributed by atoms with Crippen LogP contribution in [-0.4, -0.2) is 31.5 Å². The highest BCUT2D eigenvalue weighted by Crippen LogP contribution is 2.18. The van der Waals surface area contributed by atoms with Crippen LogP contribution in [0.1, 0.15) is 52.0 Å². The summed E-state index contributed by atoms with van der Waals surface area (Å²) < 4.78 is 5.13. The van der Waals surface area contributed by atoms with Gasteiger partial charge in [-0.2, -0.15) is 0 Å². The van der Waals surface area contributed by atoms with Crippen LogP contribution >= 0.6 is 0 Å². The van der Waals surface area contributed by atoms with Crippen molar-refractivity contribution in [1.82, 2.24) is 10.6 Å². The van der Waals surface area contributed by atoms with Gasteiger partial charge in [0.15, 0.2) is 0 Å². The SMILES string of the molecule is COc1ccc(CCNC(=O)c2ccc(C(=O)NC3CCCC3)cc2)cc1. The first-order valence-electron chi connectivity index (χ1n) is 9.48. The number of benzene rings is 2. The lowest BCUT2D eigenvalue weighted by Crippen LogP contribution is -2.32. The van der Waals surface area contributed by atoms with Crippen LogP contribution in [0.25, 0.3) is 0 Å². The zero-order valence-electron chi connectivity index (χ0n) is 15.7. The van der Waals surface area contributed by atoms with E-state index in [4.69, 9.17) is 4.74 Å². The second-order valence-electron chi connectivity index (χ2n) is 6.89. The zero-order chi connectivity index (χ0) is 19.1. The molecule has 2 N–H and O–H groups in total. The van der Waals surface area contributed by atoms with E-state index in [1.165, 1.54) is 12.8 Å². The number of amides is 2. The van der Waals surface area contributed by atoms with Crippen LogP contribution in [0.2, 0.25) is 0 Å². The molecule has 0 aromatic heterocycles. The molecular weight excluding hydrogens is 340 g/mol. The fourth-order valence-electron chi connectivity index (χ4n) is 3.33. The second-order valence-corrected chi connectivity index (χ2v) is 6.89. The molecule has 5 heteroatoms. The molecule has 0 spiro atoms. The van der Waals surface area contributed by atoms with Crippen LogP contribution in [0, 0.1) is 0 Å². The molecule has 1 fully saturated rings. The van der Waals surface area contributed by atoms with E-state index in [1.807, 2.05) is 24.3 Å². The van der Waals surface area contributed by atoms with Crippen molar-refractivity contribution in [3.63, 3.8) is 0 Å². The lowest BCUT2D eigenvalue weighted by atomic mass is 10.1. The van der Waals surface area contributed by atoms with Crippen molar-refractivity contribution in [2.75, 3.05) is 13.7 Å². The van der Waals surface area contributed by atoms with E-state index in [-0.39, 0.29) is 11.8 Å². The molecule has 2 amide bonds. The maximum absolute atomic E-state index is 12.3. The Bertz CT molecular complexity index is 763. The fourth-order valence-corrected chi connectivity index (χ4v) is 3.33. The predicted molar refractivity (Wildman–Crippen MR) is 105 cm³/mol. The Morgan fingerprint density at radius 2 is 1.52 bits per heavy atom. The summed E-state index contributed by atoms with van der Waals surface area (Å²) >= 11 is 0. The van der Waals surface area contributed by atoms with E-state index in [2.05, 4.69) is 10.6 Å². The van der Waals surface area contributed by atoms with E-state index < -0.39 is 0 Å². The molecule has 3 rings (SSSR count). The van der Waals surface area contributed by atoms with Crippen molar-refractivity contribution in [3.8, 4) is 5.75 Å². The summed E-state index contributed by atoms with van der Waals surface area (Å²) in [5.74, 6) is 0.625. The van der Waals surface area contributed by atoms with Gasteiger partial charge in [-0.3, -0.25) is 9.59 Å². The second kappa shape index (κ2) is 9.21. The number of rotatable bonds is 7. The normalized spacial score (nSPS) is 14.0. The fraction of sp³-hybridized carbons (Fsp3) is 0.364. The maximum Gasteiger partial charge on any atom is 0.251 e. The van der Waals surface area contributed by atoms with Gasteiger partial charge in [-0.1, -0.05) is 25.0 Å². The average Bonchev–Trinajstić information content (AvgIpc) is 3.21. The highest BCUT2D eigenvalue weighted by Gasteiger charge is 2.18. The van der Waals surface area contributed by atoms with E-state index in [0.717, 1.165) is 30.6 Å². The third-order valence-electron chi connectivity index (χ3n) is 4.96. The molecule has 27 heavy (non-hydrogen) atoms. The van der Waals surface area contributed by atoms with Gasteiger partial charge in [0.25, 0.3) is 11.8 Å². The zero-order valence-corrected chi connectivity index (χ0v) is 15.7. The number of carbonyl (C=O) groups is 2. The van der Waals surface area contributed by atoms with Crippen molar-refractivity contribution >= 4 is 11.8 Å². The molecule has 1 aliphatic rings. The minimum Gasteiger partial charge on any atom is -0.497 e. The molecule has 2 aromatic carbocycles. The van der Waals surface area contributed by atoms with Crippen molar-refractivity contribution in [1.29, 1.82) is 0 Å². The van der Waals surface area contributed by atoms with Gasteiger partial charge in [-0.05, 0) is 61.2 Å². The van der Waals surface area contributed by atoms with Crippen LogP contribution in [0.3, 0.4) is 0 Å². The van der Waals surface area contributed by atoms with Gasteiger partial charge in [0.05, 0.1) is 7.11 Å². The smallest absolute Gasteiger partial charge is 0.251 e. The van der Waals surface area contributed by atoms with Gasteiger partial charge in [0.1, 0.15) is 5.75 Å². The third-order valence-corrected chi connectivity index (χ3v) is 4.96. The average molecular weight is 366 g/mol. The summed E-state index contributed by atoms with van der Waals surface area (Å²) in [7, 11) is 1.64. The van der Waals surface area contributed by atoms with Crippen LogP contribution in [0.4, 0.5) is 0 Å². The lowest BCUT2D eigenvalue weighted by molar-refractivity contribution is 0.0931. The summed E-state index contributed by atoms with van der Waals surface area (Å²) in [6.07, 6.45) is 5.22. The van der Waals surface area contributed by atoms with E-state index in [0.29, 0.717) is 23.7 Å². The van der Waals surface area contributed by atoms with Gasteiger partial charge in [0.2, 0.25) is 0 Å². The van der Waals surface area contributed by atoms with Crippen molar-refractivity contribution < 1.29 is 14.3 Å². The van der Waals surface area contributed by atoms with E-state index in [1.54, 1.807) is 31.4 Å². The molecule has 0 aliphatic heterocycles. The number of ether oxygens (including phenoxy) is 1. The minimum atomic E-state index is -0.133.